The molecule has 18 heavy (non-hydrogen) atoms. The van der Waals surface area contributed by atoms with Crippen LogP contribution >= 0.6 is 11.3 Å². The van der Waals surface area contributed by atoms with E-state index in [1.54, 1.807) is 6.92 Å². The summed E-state index contributed by atoms with van der Waals surface area (Å²) in [5.41, 5.74) is 7.02. The average Bonchev–Trinajstić information content (AvgIpc) is 2.83. The number of carbonyl (C=O) groups is 1. The summed E-state index contributed by atoms with van der Waals surface area (Å²) in [6, 6.07) is 4.61. The van der Waals surface area contributed by atoms with E-state index in [1.165, 1.54) is 23.5 Å². The van der Waals surface area contributed by atoms with Gasteiger partial charge in [0.05, 0.1) is 5.56 Å². The predicted molar refractivity (Wildman–Crippen MR) is 69.0 cm³/mol. The summed E-state index contributed by atoms with van der Waals surface area (Å²) < 4.78 is 18.8. The maximum absolute atomic E-state index is 13.7. The highest BCUT2D eigenvalue weighted by atomic mass is 32.1. The molecule has 0 amide bonds. The van der Waals surface area contributed by atoms with E-state index in [0.717, 1.165) is 5.56 Å². The number of anilines is 1. The molecule has 3 nitrogen and oxygen atoms in total. The van der Waals surface area contributed by atoms with E-state index in [1.807, 2.05) is 16.8 Å². The standard InChI is InChI=1S/C13H12FNO2S/c1-8-4-10(15)5-11(12(8)14)13(16)17-6-9-2-3-18-7-9/h2-5,7H,6,15H2,1H3. The lowest BCUT2D eigenvalue weighted by molar-refractivity contribution is 0.0467. The zero-order valence-electron chi connectivity index (χ0n) is 9.77. The topological polar surface area (TPSA) is 52.3 Å². The minimum atomic E-state index is -0.700. The fourth-order valence-electron chi connectivity index (χ4n) is 1.55. The number of hydrogen-bond acceptors (Lipinski definition) is 4. The fourth-order valence-corrected chi connectivity index (χ4v) is 2.20. The van der Waals surface area contributed by atoms with Gasteiger partial charge in [-0.25, -0.2) is 9.18 Å². The highest BCUT2D eigenvalue weighted by molar-refractivity contribution is 7.07. The Kier molecular flexibility index (Phi) is 3.62. The Morgan fingerprint density at radius 3 is 2.94 bits per heavy atom. The number of nitrogens with two attached hydrogens (primary N) is 1. The third kappa shape index (κ3) is 2.68. The number of carbonyl (C=O) groups excluding carboxylic acids is 1. The molecule has 2 aromatic rings. The summed E-state index contributed by atoms with van der Waals surface area (Å²) in [5, 5.41) is 3.75. The number of esters is 1. The van der Waals surface area contributed by atoms with E-state index >= 15 is 0 Å². The first-order valence-corrected chi connectivity index (χ1v) is 6.26. The second kappa shape index (κ2) is 5.18. The van der Waals surface area contributed by atoms with Gasteiger partial charge in [0.2, 0.25) is 0 Å². The van der Waals surface area contributed by atoms with E-state index in [0.29, 0.717) is 11.3 Å². The average molecular weight is 265 g/mol. The number of nitrogen functional groups attached to an aromatic ring is 1. The molecule has 0 aliphatic carbocycles. The highest BCUT2D eigenvalue weighted by Gasteiger charge is 2.16. The molecule has 0 radical (unpaired) electrons. The molecule has 0 atom stereocenters. The minimum absolute atomic E-state index is 0.122. The smallest absolute Gasteiger partial charge is 0.341 e. The van der Waals surface area contributed by atoms with Gasteiger partial charge >= 0.3 is 5.97 Å². The zero-order valence-corrected chi connectivity index (χ0v) is 10.6. The van der Waals surface area contributed by atoms with E-state index in [4.69, 9.17) is 10.5 Å². The van der Waals surface area contributed by atoms with Gasteiger partial charge in [0.25, 0.3) is 0 Å². The van der Waals surface area contributed by atoms with Crippen LogP contribution in [0.1, 0.15) is 21.5 Å². The number of benzene rings is 1. The van der Waals surface area contributed by atoms with Crippen molar-refractivity contribution in [1.29, 1.82) is 0 Å². The van der Waals surface area contributed by atoms with Crippen molar-refractivity contribution in [2.75, 3.05) is 5.73 Å². The molecule has 0 aliphatic heterocycles. The van der Waals surface area contributed by atoms with Gasteiger partial charge in [-0.15, -0.1) is 0 Å². The Balaban J connectivity index is 2.14. The largest absolute Gasteiger partial charge is 0.457 e. The Morgan fingerprint density at radius 1 is 1.50 bits per heavy atom. The van der Waals surface area contributed by atoms with Gasteiger partial charge < -0.3 is 10.5 Å². The van der Waals surface area contributed by atoms with Gasteiger partial charge in [-0.05, 0) is 41.4 Å². The molecule has 2 rings (SSSR count). The van der Waals surface area contributed by atoms with Crippen LogP contribution in [0.25, 0.3) is 0 Å². The molecule has 1 aromatic carbocycles. The first-order chi connectivity index (χ1) is 8.58. The molecule has 0 spiro atoms. The van der Waals surface area contributed by atoms with Crippen LogP contribution < -0.4 is 5.73 Å². The molecule has 0 saturated carbocycles. The molecule has 0 bridgehead atoms. The lowest BCUT2D eigenvalue weighted by Crippen LogP contribution is -2.09. The second-order valence-electron chi connectivity index (χ2n) is 3.91. The zero-order chi connectivity index (χ0) is 13.1. The third-order valence-electron chi connectivity index (χ3n) is 2.45. The molecule has 0 fully saturated rings. The Hall–Kier alpha value is -1.88. The highest BCUT2D eigenvalue weighted by Crippen LogP contribution is 2.18. The van der Waals surface area contributed by atoms with E-state index in [-0.39, 0.29) is 12.2 Å². The van der Waals surface area contributed by atoms with Gasteiger partial charge in [0, 0.05) is 11.3 Å². The van der Waals surface area contributed by atoms with Gasteiger partial charge in [-0.1, -0.05) is 0 Å². The van der Waals surface area contributed by atoms with Crippen LogP contribution in [0.2, 0.25) is 0 Å². The van der Waals surface area contributed by atoms with Crippen LogP contribution in [-0.2, 0) is 11.3 Å². The third-order valence-corrected chi connectivity index (χ3v) is 3.18. The van der Waals surface area contributed by atoms with Crippen LogP contribution in [0.15, 0.2) is 29.0 Å². The summed E-state index contributed by atoms with van der Waals surface area (Å²) in [6.07, 6.45) is 0. The van der Waals surface area contributed by atoms with E-state index in [9.17, 15) is 9.18 Å². The monoisotopic (exact) mass is 265 g/mol. The Morgan fingerprint density at radius 2 is 2.28 bits per heavy atom. The van der Waals surface area contributed by atoms with Crippen LogP contribution in [-0.4, -0.2) is 5.97 Å². The van der Waals surface area contributed by atoms with Gasteiger partial charge in [-0.2, -0.15) is 11.3 Å². The normalized spacial score (nSPS) is 10.3. The molecular formula is C13H12FNO2S. The predicted octanol–water partition coefficient (Wildman–Crippen LogP) is 3.13. The Labute approximate surface area is 108 Å². The van der Waals surface area contributed by atoms with E-state index in [2.05, 4.69) is 0 Å². The van der Waals surface area contributed by atoms with Crippen LogP contribution in [0.3, 0.4) is 0 Å². The number of thiophene rings is 1. The summed E-state index contributed by atoms with van der Waals surface area (Å²) in [6.45, 7) is 1.69. The van der Waals surface area contributed by atoms with Crippen LogP contribution in [0.5, 0.6) is 0 Å². The molecule has 1 heterocycles. The van der Waals surface area contributed by atoms with Crippen LogP contribution in [0.4, 0.5) is 10.1 Å². The van der Waals surface area contributed by atoms with Crippen molar-refractivity contribution < 1.29 is 13.9 Å². The van der Waals surface area contributed by atoms with Crippen molar-refractivity contribution in [3.8, 4) is 0 Å². The summed E-state index contributed by atoms with van der Waals surface area (Å²) in [4.78, 5) is 11.8. The second-order valence-corrected chi connectivity index (χ2v) is 4.69. The van der Waals surface area contributed by atoms with Crippen molar-refractivity contribution in [1.82, 2.24) is 0 Å². The van der Waals surface area contributed by atoms with Crippen molar-refractivity contribution in [2.24, 2.45) is 0 Å². The summed E-state index contributed by atoms with van der Waals surface area (Å²) in [5.74, 6) is -1.28. The number of ether oxygens (including phenoxy) is 1. The maximum atomic E-state index is 13.7. The number of aryl methyl sites for hydroxylation is 1. The molecule has 0 unspecified atom stereocenters. The first kappa shape index (κ1) is 12.6. The molecule has 1 aromatic heterocycles. The van der Waals surface area contributed by atoms with Crippen molar-refractivity contribution in [3.05, 3.63) is 51.5 Å². The summed E-state index contributed by atoms with van der Waals surface area (Å²) in [7, 11) is 0. The molecule has 0 saturated heterocycles. The fraction of sp³-hybridized carbons (Fsp3) is 0.154. The molecule has 2 N–H and O–H groups in total. The SMILES string of the molecule is Cc1cc(N)cc(C(=O)OCc2ccsc2)c1F. The van der Waals surface area contributed by atoms with Crippen molar-refractivity contribution >= 4 is 23.0 Å². The molecular weight excluding hydrogens is 253 g/mol. The number of halogens is 1. The minimum Gasteiger partial charge on any atom is -0.457 e. The summed E-state index contributed by atoms with van der Waals surface area (Å²) >= 11 is 1.51. The molecule has 94 valence electrons. The van der Waals surface area contributed by atoms with Gasteiger partial charge in [0.1, 0.15) is 12.4 Å². The van der Waals surface area contributed by atoms with Crippen LogP contribution in [0, 0.1) is 12.7 Å². The van der Waals surface area contributed by atoms with E-state index < -0.39 is 11.8 Å². The quantitative estimate of drug-likeness (QED) is 0.685. The van der Waals surface area contributed by atoms with Crippen molar-refractivity contribution in [3.63, 3.8) is 0 Å². The maximum Gasteiger partial charge on any atom is 0.341 e. The molecule has 0 aliphatic rings. The lowest BCUT2D eigenvalue weighted by atomic mass is 10.1. The van der Waals surface area contributed by atoms with Gasteiger partial charge in [0.15, 0.2) is 0 Å². The number of rotatable bonds is 3. The Bertz CT molecular complexity index is 567. The van der Waals surface area contributed by atoms with Gasteiger partial charge in [-0.3, -0.25) is 0 Å². The molecule has 5 heteroatoms. The number of hydrogen-bond donors (Lipinski definition) is 1. The lowest BCUT2D eigenvalue weighted by Gasteiger charge is -2.07. The first-order valence-electron chi connectivity index (χ1n) is 5.31. The van der Waals surface area contributed by atoms with Crippen molar-refractivity contribution in [2.45, 2.75) is 13.5 Å².